The minimum Gasteiger partial charge on any atom is -0.369 e. The number of nitrogens with one attached hydrogen (secondary N) is 3. The molecule has 1 aliphatic carbocycles. The Hall–Kier alpha value is -3.46. The minimum absolute atomic E-state index is 0.129. The smallest absolute Gasteiger partial charge is 0.322 e. The number of hydrogen-bond acceptors (Lipinski definition) is 7. The number of piperazine rings is 1. The maximum Gasteiger partial charge on any atom is 0.322 e. The first kappa shape index (κ1) is 22.3. The number of nitrogens with zero attached hydrogens (tertiary/aromatic N) is 5. The van der Waals surface area contributed by atoms with Crippen molar-refractivity contribution in [3.05, 3.63) is 42.6 Å². The molecule has 0 unspecified atom stereocenters. The van der Waals surface area contributed by atoms with E-state index >= 15 is 0 Å². The zero-order valence-corrected chi connectivity index (χ0v) is 19.6. The molecule has 2 aliphatic rings. The monoisotopic (exact) mass is 460 g/mol. The van der Waals surface area contributed by atoms with Crippen molar-refractivity contribution in [3.8, 4) is 0 Å². The SMILES string of the molecule is CN(C(=O)Nc1ccc2cnc(Nc3ccc(N4CCNCC4)cc3)nc2n1)C1CCCCC1. The Morgan fingerprint density at radius 2 is 1.79 bits per heavy atom. The molecule has 1 aromatic carbocycles. The van der Waals surface area contributed by atoms with Crippen LogP contribution in [0.4, 0.5) is 27.9 Å². The van der Waals surface area contributed by atoms with Gasteiger partial charge in [-0.3, -0.25) is 5.32 Å². The van der Waals surface area contributed by atoms with E-state index in [-0.39, 0.29) is 6.03 Å². The first-order valence-electron chi connectivity index (χ1n) is 12.2. The summed E-state index contributed by atoms with van der Waals surface area (Å²) in [4.78, 5) is 30.4. The third kappa shape index (κ3) is 5.20. The maximum atomic E-state index is 12.7. The molecular weight excluding hydrogens is 428 g/mol. The van der Waals surface area contributed by atoms with Crippen molar-refractivity contribution in [2.75, 3.05) is 48.8 Å². The molecule has 0 bridgehead atoms. The lowest BCUT2D eigenvalue weighted by atomic mass is 9.95. The zero-order valence-electron chi connectivity index (χ0n) is 19.6. The Labute approximate surface area is 200 Å². The highest BCUT2D eigenvalue weighted by Crippen LogP contribution is 2.23. The quantitative estimate of drug-likeness (QED) is 0.530. The highest BCUT2D eigenvalue weighted by atomic mass is 16.2. The van der Waals surface area contributed by atoms with E-state index < -0.39 is 0 Å². The van der Waals surface area contributed by atoms with Gasteiger partial charge in [0.2, 0.25) is 5.95 Å². The van der Waals surface area contributed by atoms with Gasteiger partial charge in [-0.2, -0.15) is 4.98 Å². The van der Waals surface area contributed by atoms with Crippen molar-refractivity contribution in [2.45, 2.75) is 38.1 Å². The molecule has 3 aromatic rings. The topological polar surface area (TPSA) is 98.3 Å². The number of amides is 2. The summed E-state index contributed by atoms with van der Waals surface area (Å²) < 4.78 is 0. The molecule has 1 saturated carbocycles. The minimum atomic E-state index is -0.129. The van der Waals surface area contributed by atoms with Gasteiger partial charge in [0.15, 0.2) is 5.65 Å². The average Bonchev–Trinajstić information content (AvgIpc) is 2.89. The number of pyridine rings is 1. The van der Waals surface area contributed by atoms with Crippen LogP contribution in [0.3, 0.4) is 0 Å². The second kappa shape index (κ2) is 10.2. The van der Waals surface area contributed by atoms with E-state index in [0.29, 0.717) is 23.5 Å². The zero-order chi connectivity index (χ0) is 23.3. The van der Waals surface area contributed by atoms with E-state index in [4.69, 9.17) is 0 Å². The first-order valence-corrected chi connectivity index (χ1v) is 12.2. The van der Waals surface area contributed by atoms with Crippen LogP contribution in [0.15, 0.2) is 42.6 Å². The second-order valence-electron chi connectivity index (χ2n) is 9.04. The van der Waals surface area contributed by atoms with Crippen molar-refractivity contribution in [1.29, 1.82) is 0 Å². The van der Waals surface area contributed by atoms with Gasteiger partial charge in [-0.25, -0.2) is 14.8 Å². The van der Waals surface area contributed by atoms with Gasteiger partial charge < -0.3 is 20.4 Å². The number of urea groups is 1. The Kier molecular flexibility index (Phi) is 6.71. The molecule has 9 nitrogen and oxygen atoms in total. The molecule has 2 fully saturated rings. The van der Waals surface area contributed by atoms with Crippen molar-refractivity contribution < 1.29 is 4.79 Å². The van der Waals surface area contributed by atoms with E-state index in [2.05, 4.69) is 47.9 Å². The van der Waals surface area contributed by atoms with Crippen LogP contribution >= 0.6 is 0 Å². The van der Waals surface area contributed by atoms with Gasteiger partial charge in [0.1, 0.15) is 5.82 Å². The van der Waals surface area contributed by atoms with Crippen LogP contribution in [0.2, 0.25) is 0 Å². The van der Waals surface area contributed by atoms with Crippen molar-refractivity contribution >= 4 is 40.2 Å². The number of carbonyl (C=O) groups excluding carboxylic acids is 1. The molecule has 178 valence electrons. The Morgan fingerprint density at radius 1 is 1.03 bits per heavy atom. The van der Waals surface area contributed by atoms with E-state index in [9.17, 15) is 4.79 Å². The van der Waals surface area contributed by atoms with Gasteiger partial charge in [-0.05, 0) is 49.2 Å². The lowest BCUT2D eigenvalue weighted by molar-refractivity contribution is 0.186. The molecular formula is C25H32N8O. The Bertz CT molecular complexity index is 1120. The third-order valence-corrected chi connectivity index (χ3v) is 6.73. The standard InChI is InChI=1S/C25H32N8O/c1-32(20-5-3-2-4-6-20)25(34)30-22-12-7-18-17-27-24(31-23(18)29-22)28-19-8-10-21(11-9-19)33-15-13-26-14-16-33/h7-12,17,20,26H,2-6,13-16H2,1H3,(H2,27,28,29,30,31,34). The summed E-state index contributed by atoms with van der Waals surface area (Å²) in [6, 6.07) is 12.1. The molecule has 5 rings (SSSR count). The van der Waals surface area contributed by atoms with Crippen LogP contribution in [-0.4, -0.2) is 65.2 Å². The van der Waals surface area contributed by atoms with Crippen LogP contribution < -0.4 is 20.9 Å². The lowest BCUT2D eigenvalue weighted by Gasteiger charge is -2.31. The normalized spacial score (nSPS) is 16.9. The summed E-state index contributed by atoms with van der Waals surface area (Å²) in [7, 11) is 1.87. The van der Waals surface area contributed by atoms with E-state index in [0.717, 1.165) is 50.1 Å². The van der Waals surface area contributed by atoms with Crippen molar-refractivity contribution in [3.63, 3.8) is 0 Å². The molecule has 3 heterocycles. The molecule has 34 heavy (non-hydrogen) atoms. The maximum absolute atomic E-state index is 12.7. The van der Waals surface area contributed by atoms with Gasteiger partial charge in [0, 0.05) is 62.2 Å². The molecule has 9 heteroatoms. The van der Waals surface area contributed by atoms with Crippen molar-refractivity contribution in [2.24, 2.45) is 0 Å². The number of benzene rings is 1. The number of carbonyl (C=O) groups is 1. The number of rotatable bonds is 5. The molecule has 3 N–H and O–H groups in total. The molecule has 1 aliphatic heterocycles. The van der Waals surface area contributed by atoms with Crippen molar-refractivity contribution in [1.82, 2.24) is 25.2 Å². The van der Waals surface area contributed by atoms with Crippen LogP contribution in [-0.2, 0) is 0 Å². The molecule has 0 radical (unpaired) electrons. The predicted molar refractivity (Wildman–Crippen MR) is 136 cm³/mol. The van der Waals surface area contributed by atoms with Gasteiger partial charge in [0.25, 0.3) is 0 Å². The fourth-order valence-corrected chi connectivity index (χ4v) is 4.68. The van der Waals surface area contributed by atoms with E-state index in [1.54, 1.807) is 12.3 Å². The summed E-state index contributed by atoms with van der Waals surface area (Å²) in [5.41, 5.74) is 2.66. The highest BCUT2D eigenvalue weighted by molar-refractivity contribution is 5.90. The summed E-state index contributed by atoms with van der Waals surface area (Å²) in [5, 5.41) is 10.4. The van der Waals surface area contributed by atoms with Crippen LogP contribution in [0.25, 0.3) is 11.0 Å². The van der Waals surface area contributed by atoms with Gasteiger partial charge >= 0.3 is 6.03 Å². The van der Waals surface area contributed by atoms with Gasteiger partial charge in [0.05, 0.1) is 0 Å². The molecule has 0 atom stereocenters. The lowest BCUT2D eigenvalue weighted by Crippen LogP contribution is -2.43. The molecule has 0 spiro atoms. The summed E-state index contributed by atoms with van der Waals surface area (Å²) >= 11 is 0. The van der Waals surface area contributed by atoms with Gasteiger partial charge in [-0.1, -0.05) is 19.3 Å². The molecule has 2 aromatic heterocycles. The largest absolute Gasteiger partial charge is 0.369 e. The Balaban J connectivity index is 1.25. The number of anilines is 4. The third-order valence-electron chi connectivity index (χ3n) is 6.73. The second-order valence-corrected chi connectivity index (χ2v) is 9.04. The predicted octanol–water partition coefficient (Wildman–Crippen LogP) is 3.97. The van der Waals surface area contributed by atoms with Gasteiger partial charge in [-0.15, -0.1) is 0 Å². The number of fused-ring (bicyclic) bond motifs is 1. The Morgan fingerprint density at radius 3 is 2.56 bits per heavy atom. The van der Waals surface area contributed by atoms with Crippen LogP contribution in [0.1, 0.15) is 32.1 Å². The first-order chi connectivity index (χ1) is 16.7. The fraction of sp³-hybridized carbons (Fsp3) is 0.440. The average molecular weight is 461 g/mol. The number of aromatic nitrogens is 3. The van der Waals surface area contributed by atoms with Crippen LogP contribution in [0, 0.1) is 0 Å². The molecule has 1 saturated heterocycles. The number of hydrogen-bond donors (Lipinski definition) is 3. The highest BCUT2D eigenvalue weighted by Gasteiger charge is 2.22. The van der Waals surface area contributed by atoms with E-state index in [1.165, 1.54) is 24.9 Å². The van der Waals surface area contributed by atoms with Crippen LogP contribution in [0.5, 0.6) is 0 Å². The summed E-state index contributed by atoms with van der Waals surface area (Å²) in [5.74, 6) is 0.961. The fourth-order valence-electron chi connectivity index (χ4n) is 4.68. The van der Waals surface area contributed by atoms with E-state index in [1.807, 2.05) is 30.1 Å². The molecule has 2 amide bonds. The summed E-state index contributed by atoms with van der Waals surface area (Å²) in [6.45, 7) is 4.05. The summed E-state index contributed by atoms with van der Waals surface area (Å²) in [6.07, 6.45) is 7.49.